The van der Waals surface area contributed by atoms with Crippen LogP contribution < -0.4 is 0 Å². The number of rotatable bonds is 7. The van der Waals surface area contributed by atoms with Gasteiger partial charge in [-0.25, -0.2) is 19.9 Å². The molecule has 0 atom stereocenters. The average molecular weight is 615 g/mol. The van der Waals surface area contributed by atoms with Crippen molar-refractivity contribution in [1.29, 1.82) is 0 Å². The van der Waals surface area contributed by atoms with Gasteiger partial charge in [0.25, 0.3) is 0 Å². The first-order chi connectivity index (χ1) is 23.8. The summed E-state index contributed by atoms with van der Waals surface area (Å²) in [5, 5.41) is 0. The van der Waals surface area contributed by atoms with Gasteiger partial charge in [0.1, 0.15) is 0 Å². The van der Waals surface area contributed by atoms with Crippen molar-refractivity contribution in [2.45, 2.75) is 0 Å². The molecule has 0 amide bonds. The zero-order chi connectivity index (χ0) is 32.1. The van der Waals surface area contributed by atoms with Crippen molar-refractivity contribution >= 4 is 0 Å². The smallest absolute Gasteiger partial charge is 0.164 e. The van der Waals surface area contributed by atoms with Crippen LogP contribution in [0.3, 0.4) is 0 Å². The summed E-state index contributed by atoms with van der Waals surface area (Å²) in [6, 6.07) is 62.3. The lowest BCUT2D eigenvalue weighted by Gasteiger charge is -2.11. The van der Waals surface area contributed by atoms with Gasteiger partial charge in [0.05, 0.1) is 11.4 Å². The van der Waals surface area contributed by atoms with Crippen molar-refractivity contribution in [2.24, 2.45) is 0 Å². The third kappa shape index (κ3) is 6.15. The van der Waals surface area contributed by atoms with Crippen molar-refractivity contribution in [3.8, 4) is 78.9 Å². The molecule has 0 bridgehead atoms. The van der Waals surface area contributed by atoms with Gasteiger partial charge in [0.2, 0.25) is 0 Å². The number of pyridine rings is 1. The van der Waals surface area contributed by atoms with E-state index in [9.17, 15) is 0 Å². The molecule has 8 aromatic rings. The summed E-state index contributed by atoms with van der Waals surface area (Å²) in [4.78, 5) is 19.7. The predicted molar refractivity (Wildman–Crippen MR) is 196 cm³/mol. The van der Waals surface area contributed by atoms with Gasteiger partial charge in [-0.15, -0.1) is 0 Å². The SMILES string of the molecule is c1ccc(-c2cc(-c3ccccc3)nc(-c3ccc(-c4ccc(-c5nc(-c6ccccc6)nc(-c6ccccc6)n5)cc4)cc3)c2)cc1. The topological polar surface area (TPSA) is 51.6 Å². The van der Waals surface area contributed by atoms with E-state index in [-0.39, 0.29) is 0 Å². The second kappa shape index (κ2) is 13.1. The number of benzene rings is 6. The molecular formula is C44H30N4. The third-order valence-electron chi connectivity index (χ3n) is 8.36. The molecule has 8 rings (SSSR count). The normalized spacial score (nSPS) is 10.9. The summed E-state index contributed by atoms with van der Waals surface area (Å²) in [5.41, 5.74) is 11.4. The molecule has 0 spiro atoms. The molecule has 6 aromatic carbocycles. The molecule has 4 heteroatoms. The summed E-state index contributed by atoms with van der Waals surface area (Å²) in [6.45, 7) is 0. The highest BCUT2D eigenvalue weighted by Crippen LogP contribution is 2.32. The number of aromatic nitrogens is 4. The minimum absolute atomic E-state index is 0.642. The van der Waals surface area contributed by atoms with Crippen LogP contribution in [0.15, 0.2) is 182 Å². The molecule has 0 unspecified atom stereocenters. The van der Waals surface area contributed by atoms with E-state index in [1.165, 1.54) is 5.56 Å². The zero-order valence-electron chi connectivity index (χ0n) is 26.1. The molecule has 0 N–H and O–H groups in total. The van der Waals surface area contributed by atoms with Gasteiger partial charge in [0.15, 0.2) is 17.5 Å². The average Bonchev–Trinajstić information content (AvgIpc) is 3.19. The second-order valence-electron chi connectivity index (χ2n) is 11.6. The highest BCUT2D eigenvalue weighted by molar-refractivity contribution is 5.78. The van der Waals surface area contributed by atoms with Crippen molar-refractivity contribution in [2.75, 3.05) is 0 Å². The van der Waals surface area contributed by atoms with E-state index < -0.39 is 0 Å². The second-order valence-corrected chi connectivity index (χ2v) is 11.6. The molecule has 226 valence electrons. The molecule has 0 radical (unpaired) electrons. The Kier molecular flexibility index (Phi) is 7.87. The molecule has 48 heavy (non-hydrogen) atoms. The first kappa shape index (κ1) is 28.9. The summed E-state index contributed by atoms with van der Waals surface area (Å²) in [7, 11) is 0. The molecule has 0 fully saturated rings. The van der Waals surface area contributed by atoms with Crippen molar-refractivity contribution in [1.82, 2.24) is 19.9 Å². The van der Waals surface area contributed by atoms with Gasteiger partial charge in [0, 0.05) is 27.8 Å². The van der Waals surface area contributed by atoms with Crippen LogP contribution in [0, 0.1) is 0 Å². The van der Waals surface area contributed by atoms with Crippen molar-refractivity contribution in [3.63, 3.8) is 0 Å². The highest BCUT2D eigenvalue weighted by atomic mass is 15.0. The molecule has 4 nitrogen and oxygen atoms in total. The number of nitrogens with zero attached hydrogens (tertiary/aromatic N) is 4. The van der Waals surface area contributed by atoms with Crippen LogP contribution in [0.1, 0.15) is 0 Å². The Balaban J connectivity index is 1.11. The Labute approximate surface area is 280 Å². The fraction of sp³-hybridized carbons (Fsp3) is 0. The van der Waals surface area contributed by atoms with Crippen LogP contribution in [-0.4, -0.2) is 19.9 Å². The Bertz CT molecular complexity index is 2000. The maximum atomic E-state index is 5.09. The number of hydrogen-bond acceptors (Lipinski definition) is 4. The standard InChI is InChI=1S/C44H30N4/c1-5-13-31(14-6-1)39-29-40(34-15-7-2-8-16-34)45-41(30-39)35-25-21-32(22-26-35)33-23-27-38(28-24-33)44-47-42(36-17-9-3-10-18-36)46-43(48-44)37-19-11-4-12-20-37/h1-30H. The lowest BCUT2D eigenvalue weighted by molar-refractivity contribution is 1.07. The van der Waals surface area contributed by atoms with Gasteiger partial charge >= 0.3 is 0 Å². The molecule has 0 aliphatic carbocycles. The third-order valence-corrected chi connectivity index (χ3v) is 8.36. The van der Waals surface area contributed by atoms with Crippen molar-refractivity contribution < 1.29 is 0 Å². The molecule has 0 saturated heterocycles. The van der Waals surface area contributed by atoms with Crippen LogP contribution >= 0.6 is 0 Å². The van der Waals surface area contributed by atoms with Gasteiger partial charge < -0.3 is 0 Å². The molecule has 0 aliphatic rings. The van der Waals surface area contributed by atoms with E-state index in [0.717, 1.165) is 55.9 Å². The largest absolute Gasteiger partial charge is 0.248 e. The van der Waals surface area contributed by atoms with Gasteiger partial charge in [-0.05, 0) is 34.4 Å². The zero-order valence-corrected chi connectivity index (χ0v) is 26.1. The molecular weight excluding hydrogens is 585 g/mol. The van der Waals surface area contributed by atoms with E-state index >= 15 is 0 Å². The molecule has 2 heterocycles. The predicted octanol–water partition coefficient (Wildman–Crippen LogP) is 10.9. The lowest BCUT2D eigenvalue weighted by atomic mass is 9.98. The molecule has 0 aliphatic heterocycles. The fourth-order valence-electron chi connectivity index (χ4n) is 5.82. The monoisotopic (exact) mass is 614 g/mol. The van der Waals surface area contributed by atoms with E-state index in [0.29, 0.717) is 17.5 Å². The Morgan fingerprint density at radius 2 is 0.479 bits per heavy atom. The lowest BCUT2D eigenvalue weighted by Crippen LogP contribution is -2.00. The summed E-state index contributed by atoms with van der Waals surface area (Å²) in [6.07, 6.45) is 0. The maximum absolute atomic E-state index is 5.09. The highest BCUT2D eigenvalue weighted by Gasteiger charge is 2.13. The summed E-state index contributed by atoms with van der Waals surface area (Å²) < 4.78 is 0. The quantitative estimate of drug-likeness (QED) is 0.179. The van der Waals surface area contributed by atoms with Gasteiger partial charge in [-0.2, -0.15) is 0 Å². The van der Waals surface area contributed by atoms with Crippen LogP contribution in [-0.2, 0) is 0 Å². The Morgan fingerprint density at radius 1 is 0.208 bits per heavy atom. The Morgan fingerprint density at radius 3 is 0.896 bits per heavy atom. The fourth-order valence-corrected chi connectivity index (χ4v) is 5.82. The minimum atomic E-state index is 0.642. The van der Waals surface area contributed by atoms with Crippen molar-refractivity contribution in [3.05, 3.63) is 182 Å². The maximum Gasteiger partial charge on any atom is 0.164 e. The summed E-state index contributed by atoms with van der Waals surface area (Å²) >= 11 is 0. The van der Waals surface area contributed by atoms with Crippen LogP contribution in [0.4, 0.5) is 0 Å². The van der Waals surface area contributed by atoms with Gasteiger partial charge in [-0.1, -0.05) is 170 Å². The molecule has 0 saturated carbocycles. The van der Waals surface area contributed by atoms with E-state index in [1.807, 2.05) is 72.8 Å². The number of hydrogen-bond donors (Lipinski definition) is 0. The Hall–Kier alpha value is -6.52. The first-order valence-corrected chi connectivity index (χ1v) is 16.0. The minimum Gasteiger partial charge on any atom is -0.248 e. The van der Waals surface area contributed by atoms with Gasteiger partial charge in [-0.3, -0.25) is 0 Å². The molecule has 2 aromatic heterocycles. The van der Waals surface area contributed by atoms with Crippen LogP contribution in [0.25, 0.3) is 78.9 Å². The van der Waals surface area contributed by atoms with Crippen LogP contribution in [0.2, 0.25) is 0 Å². The van der Waals surface area contributed by atoms with Crippen LogP contribution in [0.5, 0.6) is 0 Å². The van der Waals surface area contributed by atoms with E-state index in [4.69, 9.17) is 19.9 Å². The van der Waals surface area contributed by atoms with E-state index in [1.54, 1.807) is 0 Å². The summed E-state index contributed by atoms with van der Waals surface area (Å²) in [5.74, 6) is 1.95. The van der Waals surface area contributed by atoms with E-state index in [2.05, 4.69) is 109 Å². The first-order valence-electron chi connectivity index (χ1n) is 16.0.